The van der Waals surface area contributed by atoms with Gasteiger partial charge in [0.15, 0.2) is 0 Å². The average Bonchev–Trinajstić information content (AvgIpc) is 2.95. The van der Waals surface area contributed by atoms with Gasteiger partial charge in [0.2, 0.25) is 10.0 Å². The molecule has 0 unspecified atom stereocenters. The van der Waals surface area contributed by atoms with Gasteiger partial charge in [-0.1, -0.05) is 13.0 Å². The lowest BCUT2D eigenvalue weighted by Crippen LogP contribution is -2.23. The number of aromatic nitrogens is 1. The second kappa shape index (κ2) is 6.13. The molecule has 20 heavy (non-hydrogen) atoms. The maximum atomic E-state index is 12.1. The molecule has 0 saturated carbocycles. The number of hydrogen-bond acceptors (Lipinski definition) is 5. The Hall–Kier alpha value is -1.75. The summed E-state index contributed by atoms with van der Waals surface area (Å²) in [4.78, 5) is 4.56. The van der Waals surface area contributed by atoms with Gasteiger partial charge in [-0.05, 0) is 30.2 Å². The molecule has 1 N–H and O–H groups in total. The van der Waals surface area contributed by atoms with Crippen LogP contribution in [0.1, 0.15) is 23.1 Å². The third-order valence-corrected chi connectivity index (χ3v) is 5.63. The van der Waals surface area contributed by atoms with Crippen molar-refractivity contribution in [2.45, 2.75) is 24.1 Å². The number of pyridine rings is 1. The van der Waals surface area contributed by atoms with Gasteiger partial charge in [0.1, 0.15) is 15.2 Å². The van der Waals surface area contributed by atoms with Crippen LogP contribution in [0.4, 0.5) is 0 Å². The predicted octanol–water partition coefficient (Wildman–Crippen LogP) is 2.06. The number of thiophene rings is 1. The van der Waals surface area contributed by atoms with Crippen LogP contribution in [-0.4, -0.2) is 13.4 Å². The fourth-order valence-corrected chi connectivity index (χ4v) is 3.85. The van der Waals surface area contributed by atoms with Gasteiger partial charge in [-0.25, -0.2) is 13.1 Å². The zero-order valence-electron chi connectivity index (χ0n) is 10.8. The van der Waals surface area contributed by atoms with Crippen LogP contribution in [0.5, 0.6) is 0 Å². The Morgan fingerprint density at radius 3 is 2.85 bits per heavy atom. The van der Waals surface area contributed by atoms with Crippen molar-refractivity contribution >= 4 is 21.4 Å². The van der Waals surface area contributed by atoms with Gasteiger partial charge in [0.25, 0.3) is 0 Å². The highest BCUT2D eigenvalue weighted by Crippen LogP contribution is 2.20. The molecule has 5 nitrogen and oxygen atoms in total. The van der Waals surface area contributed by atoms with E-state index >= 15 is 0 Å². The molecule has 0 radical (unpaired) electrons. The molecule has 0 fully saturated rings. The van der Waals surface area contributed by atoms with Gasteiger partial charge < -0.3 is 0 Å². The Morgan fingerprint density at radius 1 is 1.40 bits per heavy atom. The minimum Gasteiger partial charge on any atom is -0.260 e. The molecule has 2 aromatic rings. The summed E-state index contributed by atoms with van der Waals surface area (Å²) < 4.78 is 26.8. The molecule has 0 aromatic carbocycles. The summed E-state index contributed by atoms with van der Waals surface area (Å²) in [5, 5.41) is 8.73. The van der Waals surface area contributed by atoms with Gasteiger partial charge in [-0.3, -0.25) is 4.98 Å². The Balaban J connectivity index is 2.15. The normalized spacial score (nSPS) is 11.2. The first kappa shape index (κ1) is 14.7. The first-order valence-corrected chi connectivity index (χ1v) is 8.29. The topological polar surface area (TPSA) is 82.8 Å². The number of hydrogen-bond donors (Lipinski definition) is 1. The summed E-state index contributed by atoms with van der Waals surface area (Å²) in [6.07, 6.45) is 2.43. The van der Waals surface area contributed by atoms with Crippen molar-refractivity contribution in [3.8, 4) is 6.07 Å². The van der Waals surface area contributed by atoms with Crippen LogP contribution in [0.3, 0.4) is 0 Å². The first-order valence-electron chi connectivity index (χ1n) is 5.99. The molecule has 0 aliphatic carbocycles. The highest BCUT2D eigenvalue weighted by molar-refractivity contribution is 7.91. The van der Waals surface area contributed by atoms with Crippen molar-refractivity contribution in [3.63, 3.8) is 0 Å². The van der Waals surface area contributed by atoms with Crippen molar-refractivity contribution in [2.24, 2.45) is 0 Å². The van der Waals surface area contributed by atoms with Crippen molar-refractivity contribution in [1.29, 1.82) is 5.26 Å². The van der Waals surface area contributed by atoms with Gasteiger partial charge in [-0.2, -0.15) is 5.26 Å². The third kappa shape index (κ3) is 3.22. The lowest BCUT2D eigenvalue weighted by atomic mass is 10.1. The highest BCUT2D eigenvalue weighted by atomic mass is 32.2. The van der Waals surface area contributed by atoms with Crippen LogP contribution in [0, 0.1) is 11.3 Å². The molecule has 2 rings (SSSR count). The van der Waals surface area contributed by atoms with Gasteiger partial charge in [-0.15, -0.1) is 11.3 Å². The van der Waals surface area contributed by atoms with E-state index in [1.807, 2.05) is 25.1 Å². The number of rotatable bonds is 5. The van der Waals surface area contributed by atoms with E-state index in [-0.39, 0.29) is 10.8 Å². The quantitative estimate of drug-likeness (QED) is 0.916. The Bertz CT molecular complexity index is 745. The maximum Gasteiger partial charge on any atom is 0.250 e. The van der Waals surface area contributed by atoms with Crippen LogP contribution in [0.2, 0.25) is 0 Å². The van der Waals surface area contributed by atoms with Gasteiger partial charge in [0.05, 0.1) is 12.2 Å². The second-order valence-electron chi connectivity index (χ2n) is 4.02. The van der Waals surface area contributed by atoms with Crippen molar-refractivity contribution in [3.05, 3.63) is 46.6 Å². The molecule has 0 bridgehead atoms. The number of nitriles is 1. The molecule has 0 aliphatic rings. The molecule has 0 spiro atoms. The van der Waals surface area contributed by atoms with Gasteiger partial charge >= 0.3 is 0 Å². The van der Waals surface area contributed by atoms with Crippen molar-refractivity contribution in [1.82, 2.24) is 9.71 Å². The van der Waals surface area contributed by atoms with E-state index in [1.54, 1.807) is 6.20 Å². The summed E-state index contributed by atoms with van der Waals surface area (Å²) in [6.45, 7) is 2.14. The molecule has 2 heterocycles. The Kier molecular flexibility index (Phi) is 4.49. The second-order valence-corrected chi connectivity index (χ2v) is 7.10. The first-order chi connectivity index (χ1) is 9.56. The maximum absolute atomic E-state index is 12.1. The Morgan fingerprint density at radius 2 is 2.20 bits per heavy atom. The monoisotopic (exact) mass is 307 g/mol. The molecule has 0 aliphatic heterocycles. The summed E-state index contributed by atoms with van der Waals surface area (Å²) in [5.41, 5.74) is 1.73. The van der Waals surface area contributed by atoms with E-state index in [2.05, 4.69) is 9.71 Å². The number of nitrogens with one attached hydrogen (secondary N) is 1. The molecule has 0 saturated heterocycles. The highest BCUT2D eigenvalue weighted by Gasteiger charge is 2.17. The van der Waals surface area contributed by atoms with Crippen LogP contribution in [0.25, 0.3) is 0 Å². The standard InChI is InChI=1S/C13H13N3O2S2/c1-2-10-4-3-7-15-12(10)9-16-20(17,18)13-6-5-11(8-14)19-13/h3-7,16H,2,9H2,1H3. The lowest BCUT2D eigenvalue weighted by molar-refractivity contribution is 0.582. The zero-order valence-corrected chi connectivity index (χ0v) is 12.5. The molecule has 104 valence electrons. The molecular formula is C13H13N3O2S2. The fourth-order valence-electron chi connectivity index (χ4n) is 1.71. The summed E-state index contributed by atoms with van der Waals surface area (Å²) in [5.74, 6) is 0. The van der Waals surface area contributed by atoms with E-state index in [9.17, 15) is 8.42 Å². The SMILES string of the molecule is CCc1cccnc1CNS(=O)(=O)c1ccc(C#N)s1. The van der Waals surface area contributed by atoms with Crippen molar-refractivity contribution in [2.75, 3.05) is 0 Å². The lowest BCUT2D eigenvalue weighted by Gasteiger charge is -2.07. The fraction of sp³-hybridized carbons (Fsp3) is 0.231. The van der Waals surface area contributed by atoms with E-state index in [0.29, 0.717) is 4.88 Å². The van der Waals surface area contributed by atoms with Gasteiger partial charge in [0, 0.05) is 6.20 Å². The van der Waals surface area contributed by atoms with E-state index in [4.69, 9.17) is 5.26 Å². The minimum absolute atomic E-state index is 0.142. The molecular weight excluding hydrogens is 294 g/mol. The molecule has 2 aromatic heterocycles. The zero-order chi connectivity index (χ0) is 14.6. The molecule has 7 heteroatoms. The average molecular weight is 307 g/mol. The number of aryl methyl sites for hydroxylation is 1. The van der Waals surface area contributed by atoms with Crippen LogP contribution >= 0.6 is 11.3 Å². The molecule has 0 atom stereocenters. The summed E-state index contributed by atoms with van der Waals surface area (Å²) in [7, 11) is -3.60. The summed E-state index contributed by atoms with van der Waals surface area (Å²) >= 11 is 0.953. The third-order valence-electron chi connectivity index (χ3n) is 2.75. The predicted molar refractivity (Wildman–Crippen MR) is 76.7 cm³/mol. The van der Waals surface area contributed by atoms with Crippen LogP contribution in [0.15, 0.2) is 34.7 Å². The number of nitrogens with zero attached hydrogens (tertiary/aromatic N) is 2. The molecule has 0 amide bonds. The Labute approximate surface area is 122 Å². The smallest absolute Gasteiger partial charge is 0.250 e. The summed E-state index contributed by atoms with van der Waals surface area (Å²) in [6, 6.07) is 8.61. The van der Waals surface area contributed by atoms with E-state index in [1.165, 1.54) is 12.1 Å². The van der Waals surface area contributed by atoms with E-state index in [0.717, 1.165) is 29.0 Å². The van der Waals surface area contributed by atoms with Crippen molar-refractivity contribution < 1.29 is 8.42 Å². The van der Waals surface area contributed by atoms with E-state index < -0.39 is 10.0 Å². The van der Waals surface area contributed by atoms with Crippen LogP contribution < -0.4 is 4.72 Å². The largest absolute Gasteiger partial charge is 0.260 e. The minimum atomic E-state index is -3.60. The van der Waals surface area contributed by atoms with Crippen LogP contribution in [-0.2, 0) is 23.0 Å². The number of sulfonamides is 1.